The Morgan fingerprint density at radius 3 is 3.04 bits per heavy atom. The van der Waals surface area contributed by atoms with Gasteiger partial charge < -0.3 is 4.74 Å². The van der Waals surface area contributed by atoms with Crippen LogP contribution in [-0.2, 0) is 9.53 Å². The Morgan fingerprint density at radius 2 is 2.31 bits per heavy atom. The number of methoxy groups -OCH3 is 1. The Balaban J connectivity index is 2.01. The van der Waals surface area contributed by atoms with Crippen molar-refractivity contribution in [2.45, 2.75) is 37.3 Å². The van der Waals surface area contributed by atoms with Gasteiger partial charge in [0.05, 0.1) is 26.1 Å². The molecule has 2 atom stereocenters. The molecule has 26 heavy (non-hydrogen) atoms. The highest BCUT2D eigenvalue weighted by molar-refractivity contribution is 7.99. The lowest BCUT2D eigenvalue weighted by atomic mass is 9.80. The van der Waals surface area contributed by atoms with E-state index in [-0.39, 0.29) is 11.5 Å². The number of hydrogen-bond acceptors (Lipinski definition) is 4. The summed E-state index contributed by atoms with van der Waals surface area (Å²) in [5, 5.41) is 1.14. The maximum Gasteiger partial charge on any atom is 0.393 e. The van der Waals surface area contributed by atoms with E-state index < -0.39 is 0 Å². The number of quaternary nitrogens is 1. The number of imidazole rings is 1. The Labute approximate surface area is 158 Å². The normalized spacial score (nSPS) is 28.5. The minimum atomic E-state index is -0.359. The molecule has 5 nitrogen and oxygen atoms in total. The molecule has 1 aromatic rings. The van der Waals surface area contributed by atoms with Crippen molar-refractivity contribution in [3.8, 4) is 0 Å². The maximum atomic E-state index is 12.6. The molecule has 4 rings (SSSR count). The van der Waals surface area contributed by atoms with Crippen molar-refractivity contribution >= 4 is 29.4 Å². The second-order valence-electron chi connectivity index (χ2n) is 7.05. The number of hydrogen-bond donors (Lipinski definition) is 0. The fraction of sp³-hybridized carbons (Fsp3) is 0.400. The van der Waals surface area contributed by atoms with E-state index in [4.69, 9.17) is 9.72 Å². The largest absolute Gasteiger partial charge is 0.462 e. The summed E-state index contributed by atoms with van der Waals surface area (Å²) < 4.78 is 7.71. The van der Waals surface area contributed by atoms with E-state index in [1.54, 1.807) is 0 Å². The number of carbonyl (C=O) groups excluding carboxylic acids is 1. The van der Waals surface area contributed by atoms with Crippen LogP contribution in [0, 0.1) is 0 Å². The van der Waals surface area contributed by atoms with Crippen molar-refractivity contribution in [1.82, 2.24) is 14.0 Å². The summed E-state index contributed by atoms with van der Waals surface area (Å²) in [7, 11) is 3.52. The number of thioether (sulfide) groups is 1. The molecular formula is C20H24N3O2S+. The van der Waals surface area contributed by atoms with Crippen LogP contribution in [0.25, 0.3) is 5.70 Å². The molecule has 6 heteroatoms. The lowest BCUT2D eigenvalue weighted by molar-refractivity contribution is -0.138. The van der Waals surface area contributed by atoms with Gasteiger partial charge in [-0.05, 0) is 30.7 Å². The first-order valence-electron chi connectivity index (χ1n) is 8.95. The smallest absolute Gasteiger partial charge is 0.393 e. The molecule has 0 N–H and O–H groups in total. The van der Waals surface area contributed by atoms with Crippen LogP contribution in [0.3, 0.4) is 0 Å². The number of esters is 1. The van der Waals surface area contributed by atoms with Gasteiger partial charge >= 0.3 is 11.9 Å². The van der Waals surface area contributed by atoms with Gasteiger partial charge in [0.1, 0.15) is 5.03 Å². The van der Waals surface area contributed by atoms with Crippen LogP contribution in [0.4, 0.5) is 5.95 Å². The van der Waals surface area contributed by atoms with E-state index in [0.717, 1.165) is 29.6 Å². The van der Waals surface area contributed by atoms with Crippen LogP contribution in [0.5, 0.6) is 0 Å². The summed E-state index contributed by atoms with van der Waals surface area (Å²) in [5.74, 6) is 1.61. The number of ether oxygens (including phenoxy) is 1. The highest BCUT2D eigenvalue weighted by Crippen LogP contribution is 2.57. The zero-order valence-electron chi connectivity index (χ0n) is 15.7. The molecule has 0 bridgehead atoms. The first kappa shape index (κ1) is 17.4. The Morgan fingerprint density at radius 1 is 1.50 bits per heavy atom. The molecule has 1 spiro atoms. The monoisotopic (exact) mass is 370 g/mol. The third-order valence-corrected chi connectivity index (χ3v) is 6.87. The minimum absolute atomic E-state index is 0.304. The predicted octanol–water partition coefficient (Wildman–Crippen LogP) is 3.89. The van der Waals surface area contributed by atoms with Crippen LogP contribution in [0.1, 0.15) is 26.7 Å². The number of rotatable bonds is 4. The summed E-state index contributed by atoms with van der Waals surface area (Å²) in [6.07, 6.45) is 14.3. The van der Waals surface area contributed by atoms with Crippen molar-refractivity contribution < 1.29 is 9.53 Å². The summed E-state index contributed by atoms with van der Waals surface area (Å²) >= 11 is 1.82. The Kier molecular flexibility index (Phi) is 4.00. The van der Waals surface area contributed by atoms with E-state index >= 15 is 0 Å². The summed E-state index contributed by atoms with van der Waals surface area (Å²) in [5.41, 5.74) is 2.69. The van der Waals surface area contributed by atoms with Crippen molar-refractivity contribution in [3.63, 3.8) is 0 Å². The molecule has 0 fully saturated rings. The summed E-state index contributed by atoms with van der Waals surface area (Å²) in [6, 6.07) is 0. The molecule has 0 amide bonds. The zero-order chi connectivity index (χ0) is 18.5. The van der Waals surface area contributed by atoms with Crippen LogP contribution in [-0.4, -0.2) is 41.0 Å². The van der Waals surface area contributed by atoms with Crippen LogP contribution >= 0.6 is 11.8 Å². The van der Waals surface area contributed by atoms with E-state index in [2.05, 4.69) is 43.7 Å². The molecule has 1 aromatic heterocycles. The van der Waals surface area contributed by atoms with Gasteiger partial charge in [0, 0.05) is 12.5 Å². The van der Waals surface area contributed by atoms with Crippen molar-refractivity contribution in [2.75, 3.05) is 19.9 Å². The molecule has 0 aromatic carbocycles. The summed E-state index contributed by atoms with van der Waals surface area (Å²) in [6.45, 7) is 4.33. The van der Waals surface area contributed by atoms with Gasteiger partial charge in [-0.2, -0.15) is 4.98 Å². The molecule has 2 aliphatic heterocycles. The van der Waals surface area contributed by atoms with Gasteiger partial charge in [0.2, 0.25) is 5.70 Å². The third kappa shape index (κ3) is 1.97. The Bertz CT molecular complexity index is 908. The summed E-state index contributed by atoms with van der Waals surface area (Å²) in [4.78, 5) is 17.4. The fourth-order valence-electron chi connectivity index (χ4n) is 4.46. The molecule has 2 unspecified atom stereocenters. The second kappa shape index (κ2) is 5.99. The molecular weight excluding hydrogens is 346 g/mol. The molecule has 0 radical (unpaired) electrons. The lowest BCUT2D eigenvalue weighted by Gasteiger charge is -2.44. The van der Waals surface area contributed by atoms with Gasteiger partial charge in [-0.1, -0.05) is 25.2 Å². The highest BCUT2D eigenvalue weighted by atomic mass is 32.2. The number of carbonyl (C=O) groups is 1. The third-order valence-electron chi connectivity index (χ3n) is 5.67. The van der Waals surface area contributed by atoms with Crippen molar-refractivity contribution in [3.05, 3.63) is 47.8 Å². The maximum absolute atomic E-state index is 12.6. The van der Waals surface area contributed by atoms with Gasteiger partial charge in [-0.15, -0.1) is 11.8 Å². The molecule has 0 saturated carbocycles. The first-order valence-corrected chi connectivity index (χ1v) is 9.94. The number of aromatic nitrogens is 2. The molecule has 1 aliphatic carbocycles. The van der Waals surface area contributed by atoms with Crippen LogP contribution in [0.2, 0.25) is 0 Å². The van der Waals surface area contributed by atoms with E-state index in [1.165, 1.54) is 18.4 Å². The van der Waals surface area contributed by atoms with E-state index in [9.17, 15) is 4.79 Å². The van der Waals surface area contributed by atoms with Crippen molar-refractivity contribution in [2.24, 2.45) is 0 Å². The Hall–Kier alpha value is -2.05. The number of nitrogens with zero attached hydrogens (tertiary/aromatic N) is 3. The van der Waals surface area contributed by atoms with Gasteiger partial charge in [-0.25, -0.2) is 13.8 Å². The van der Waals surface area contributed by atoms with E-state index in [1.807, 2.05) is 30.1 Å². The van der Waals surface area contributed by atoms with Crippen LogP contribution in [0.15, 0.2) is 52.9 Å². The number of allylic oxidation sites excluding steroid dienone is 4. The highest BCUT2D eigenvalue weighted by Gasteiger charge is 2.65. The first-order chi connectivity index (χ1) is 12.5. The van der Waals surface area contributed by atoms with Crippen molar-refractivity contribution in [1.29, 1.82) is 0 Å². The molecule has 3 heterocycles. The van der Waals surface area contributed by atoms with Gasteiger partial charge in [0.25, 0.3) is 0 Å². The van der Waals surface area contributed by atoms with Gasteiger partial charge in [0.15, 0.2) is 5.54 Å². The fourth-order valence-corrected chi connectivity index (χ4v) is 5.30. The number of fused-ring (bicyclic) bond motifs is 3. The minimum Gasteiger partial charge on any atom is -0.462 e. The number of likely N-dealkylation sites (N-methyl/N-ethyl adjacent to an activating group) is 1. The molecule has 3 aliphatic rings. The zero-order valence-corrected chi connectivity index (χ0v) is 16.5. The predicted molar refractivity (Wildman–Crippen MR) is 106 cm³/mol. The second-order valence-corrected chi connectivity index (χ2v) is 8.17. The van der Waals surface area contributed by atoms with E-state index in [0.29, 0.717) is 10.2 Å². The molecule has 0 saturated heterocycles. The average Bonchev–Trinajstić information content (AvgIpc) is 3.14. The van der Waals surface area contributed by atoms with Gasteiger partial charge in [-0.3, -0.25) is 0 Å². The standard InChI is InChI=1S/C20H24N3O2S/c1-5-12-26-16-13-21-19-22(16)17-14(2)8-6-10-20(17)11-7-9-15(18(24)25-4)23(19,20)3/h6-9,11,13H,5,10,12H2,1-4H3/q+1. The quantitative estimate of drug-likeness (QED) is 0.458. The van der Waals surface area contributed by atoms with Crippen LogP contribution < -0.4 is 4.48 Å². The lowest BCUT2D eigenvalue weighted by Crippen LogP contribution is -2.62. The average molecular weight is 370 g/mol. The topological polar surface area (TPSA) is 44.1 Å². The molecule has 136 valence electrons. The SMILES string of the molecule is CCCSc1cnc2n1C1=C(C)C=CCC13C=CC=C(C(=O)OC)[N+]23C.